The maximum absolute atomic E-state index is 12.6. The molecule has 1 aromatic heterocycles. The second kappa shape index (κ2) is 13.3. The molecule has 41 heavy (non-hydrogen) atoms. The number of anilines is 2. The summed E-state index contributed by atoms with van der Waals surface area (Å²) in [6.45, 7) is 8.87. The molecule has 7 nitrogen and oxygen atoms in total. The van der Waals surface area contributed by atoms with E-state index in [1.807, 2.05) is 12.1 Å². The molecule has 2 aliphatic rings. The molecule has 0 bridgehead atoms. The van der Waals surface area contributed by atoms with Crippen LogP contribution in [-0.4, -0.2) is 41.8 Å². The van der Waals surface area contributed by atoms with Gasteiger partial charge in [0.2, 0.25) is 5.91 Å². The van der Waals surface area contributed by atoms with Crippen LogP contribution in [-0.2, 0) is 11.2 Å². The van der Waals surface area contributed by atoms with E-state index in [9.17, 15) is 4.79 Å². The molecule has 0 spiro atoms. The molecule has 7 heteroatoms. The number of benzene rings is 2. The van der Waals surface area contributed by atoms with Gasteiger partial charge in [0.05, 0.1) is 5.69 Å². The van der Waals surface area contributed by atoms with Gasteiger partial charge in [0, 0.05) is 36.4 Å². The molecule has 5 rings (SSSR count). The Labute approximate surface area is 244 Å². The van der Waals surface area contributed by atoms with E-state index in [0.29, 0.717) is 41.5 Å². The molecule has 3 heterocycles. The third kappa shape index (κ3) is 7.94. The molecule has 0 aliphatic carbocycles. The number of carbonyl (C=O) groups is 1. The lowest BCUT2D eigenvalue weighted by molar-refractivity contribution is -0.116. The Hall–Kier alpha value is -3.71. The first kappa shape index (κ1) is 28.8. The molecule has 2 aliphatic heterocycles. The lowest BCUT2D eigenvalue weighted by Gasteiger charge is -2.28. The Kier molecular flexibility index (Phi) is 9.35. The molecule has 1 unspecified atom stereocenters. The predicted molar refractivity (Wildman–Crippen MR) is 168 cm³/mol. The topological polar surface area (TPSA) is 78.8 Å². The number of likely N-dealkylation sites (tertiary alicyclic amines) is 1. The normalized spacial score (nSPS) is 17.9. The maximum Gasteiger partial charge on any atom is 0.225 e. The van der Waals surface area contributed by atoms with E-state index in [2.05, 4.69) is 78.7 Å². The number of amides is 1. The third-order valence-electron chi connectivity index (χ3n) is 8.29. The molecule has 216 valence electrons. The highest BCUT2D eigenvalue weighted by molar-refractivity contribution is 5.99. The molecule has 1 amide bonds. The molecule has 2 N–H and O–H groups in total. The van der Waals surface area contributed by atoms with Crippen LogP contribution in [0.1, 0.15) is 69.9 Å². The van der Waals surface area contributed by atoms with Crippen LogP contribution in [0.4, 0.5) is 17.2 Å². The van der Waals surface area contributed by atoms with Gasteiger partial charge in [-0.1, -0.05) is 39.0 Å². The fourth-order valence-corrected chi connectivity index (χ4v) is 5.52. The quantitative estimate of drug-likeness (QED) is 0.298. The second-order valence-electron chi connectivity index (χ2n) is 11.9. The minimum absolute atomic E-state index is 0.000950. The zero-order valence-corrected chi connectivity index (χ0v) is 24.8. The molecular formula is C34H43N5O2. The van der Waals surface area contributed by atoms with Crippen LogP contribution in [0.2, 0.25) is 0 Å². The zero-order chi connectivity index (χ0) is 28.8. The summed E-state index contributed by atoms with van der Waals surface area (Å²) in [5.74, 6) is 4.20. The Morgan fingerprint density at radius 3 is 2.66 bits per heavy atom. The van der Waals surface area contributed by atoms with Crippen molar-refractivity contribution in [1.82, 2.24) is 9.88 Å². The molecule has 1 atom stereocenters. The lowest BCUT2D eigenvalue weighted by Crippen LogP contribution is -2.30. The number of aromatic nitrogens is 1. The van der Waals surface area contributed by atoms with E-state index in [1.165, 1.54) is 11.1 Å². The Morgan fingerprint density at radius 2 is 1.85 bits per heavy atom. The fourth-order valence-electron chi connectivity index (χ4n) is 5.52. The van der Waals surface area contributed by atoms with Gasteiger partial charge in [0.25, 0.3) is 0 Å². The summed E-state index contributed by atoms with van der Waals surface area (Å²) in [4.78, 5) is 24.4. The highest BCUT2D eigenvalue weighted by atomic mass is 16.5. The molecule has 1 saturated heterocycles. The number of hydrogen-bond acceptors (Lipinski definition) is 6. The average Bonchev–Trinajstić information content (AvgIpc) is 3.11. The first-order chi connectivity index (χ1) is 19.8. The van der Waals surface area contributed by atoms with Crippen molar-refractivity contribution < 1.29 is 9.53 Å². The highest BCUT2D eigenvalue weighted by Crippen LogP contribution is 2.34. The number of rotatable bonds is 8. The molecule has 0 radical (unpaired) electrons. The van der Waals surface area contributed by atoms with Crippen molar-refractivity contribution in [1.29, 1.82) is 0 Å². The molecule has 1 fully saturated rings. The Morgan fingerprint density at radius 1 is 1.05 bits per heavy atom. The largest absolute Gasteiger partial charge is 0.457 e. The number of nitrogens with zero attached hydrogens (tertiary/aromatic N) is 3. The van der Waals surface area contributed by atoms with E-state index in [4.69, 9.17) is 9.73 Å². The summed E-state index contributed by atoms with van der Waals surface area (Å²) in [7, 11) is 2.16. The van der Waals surface area contributed by atoms with Crippen LogP contribution in [0.25, 0.3) is 0 Å². The summed E-state index contributed by atoms with van der Waals surface area (Å²) in [6.07, 6.45) is 7.41. The number of nitrogens with one attached hydrogen (secondary N) is 2. The summed E-state index contributed by atoms with van der Waals surface area (Å²) in [6, 6.07) is 18.2. The van der Waals surface area contributed by atoms with Gasteiger partial charge in [-0.25, -0.2) is 9.98 Å². The van der Waals surface area contributed by atoms with Crippen LogP contribution in [0, 0.1) is 11.8 Å². The summed E-state index contributed by atoms with van der Waals surface area (Å²) in [5, 5.41) is 6.54. The number of ether oxygens (including phenoxy) is 1. The van der Waals surface area contributed by atoms with E-state index < -0.39 is 0 Å². The van der Waals surface area contributed by atoms with Gasteiger partial charge >= 0.3 is 0 Å². The lowest BCUT2D eigenvalue weighted by atomic mass is 9.92. The number of hydrogen-bond donors (Lipinski definition) is 2. The van der Waals surface area contributed by atoms with Gasteiger partial charge in [-0.2, -0.15) is 0 Å². The predicted octanol–water partition coefficient (Wildman–Crippen LogP) is 7.78. The van der Waals surface area contributed by atoms with Crippen molar-refractivity contribution in [3.63, 3.8) is 0 Å². The standard InChI is InChI=1S/C34H43N5O2/c1-23(2)27-6-5-7-28(20-27)36-34-24(3)8-10-26-11-12-29(21-31(26)37-34)41-30-14-17-35-32(22-30)38-33(40)13-9-25-15-18-39(4)19-16-25/h5-7,11-12,14,17,20-25H,8-10,13,15-16,18-19H2,1-4H3,(H,36,37)(H,35,38,40). The van der Waals surface area contributed by atoms with Gasteiger partial charge in [-0.3, -0.25) is 4.79 Å². The van der Waals surface area contributed by atoms with Gasteiger partial charge < -0.3 is 20.3 Å². The van der Waals surface area contributed by atoms with Crippen LogP contribution >= 0.6 is 0 Å². The summed E-state index contributed by atoms with van der Waals surface area (Å²) < 4.78 is 6.21. The van der Waals surface area contributed by atoms with E-state index in [-0.39, 0.29) is 5.91 Å². The van der Waals surface area contributed by atoms with Crippen molar-refractivity contribution in [3.8, 4) is 11.5 Å². The van der Waals surface area contributed by atoms with Crippen molar-refractivity contribution >= 4 is 28.9 Å². The summed E-state index contributed by atoms with van der Waals surface area (Å²) >= 11 is 0. The van der Waals surface area contributed by atoms with Gasteiger partial charge in [0.1, 0.15) is 23.2 Å². The van der Waals surface area contributed by atoms with Crippen LogP contribution in [0.15, 0.2) is 65.8 Å². The number of carbonyl (C=O) groups excluding carboxylic acids is 1. The highest BCUT2D eigenvalue weighted by Gasteiger charge is 2.20. The minimum atomic E-state index is 0.000950. The third-order valence-corrected chi connectivity index (χ3v) is 8.29. The fraction of sp³-hybridized carbons (Fsp3) is 0.441. The van der Waals surface area contributed by atoms with Gasteiger partial charge in [-0.05, 0) is 99.5 Å². The molecule has 3 aromatic rings. The van der Waals surface area contributed by atoms with Gasteiger partial charge in [-0.15, -0.1) is 0 Å². The number of aryl methyl sites for hydroxylation is 1. The van der Waals surface area contributed by atoms with Crippen molar-refractivity contribution in [2.75, 3.05) is 30.8 Å². The summed E-state index contributed by atoms with van der Waals surface area (Å²) in [5.41, 5.74) is 4.50. The van der Waals surface area contributed by atoms with Crippen molar-refractivity contribution in [3.05, 3.63) is 71.9 Å². The number of fused-ring (bicyclic) bond motifs is 1. The smallest absolute Gasteiger partial charge is 0.225 e. The maximum atomic E-state index is 12.6. The minimum Gasteiger partial charge on any atom is -0.457 e. The van der Waals surface area contributed by atoms with Crippen LogP contribution < -0.4 is 15.4 Å². The first-order valence-corrected chi connectivity index (χ1v) is 15.0. The average molecular weight is 554 g/mol. The molecule has 2 aromatic carbocycles. The SMILES string of the molecule is CC1CCc2ccc(Oc3ccnc(NC(=O)CCC4CCN(C)CC4)c3)cc2N=C1Nc1cccc(C(C)C)c1. The van der Waals surface area contributed by atoms with Crippen molar-refractivity contribution in [2.45, 2.75) is 65.2 Å². The zero-order valence-electron chi connectivity index (χ0n) is 24.8. The number of piperidine rings is 1. The van der Waals surface area contributed by atoms with Gasteiger partial charge in [0.15, 0.2) is 0 Å². The first-order valence-electron chi connectivity index (χ1n) is 15.0. The molecular weight excluding hydrogens is 510 g/mol. The van der Waals surface area contributed by atoms with Crippen LogP contribution in [0.3, 0.4) is 0 Å². The van der Waals surface area contributed by atoms with E-state index >= 15 is 0 Å². The number of amidine groups is 1. The van der Waals surface area contributed by atoms with Crippen LogP contribution in [0.5, 0.6) is 11.5 Å². The monoisotopic (exact) mass is 553 g/mol. The number of pyridine rings is 1. The Bertz CT molecular complexity index is 1380. The number of aliphatic imine (C=N–C) groups is 1. The van der Waals surface area contributed by atoms with E-state index in [1.54, 1.807) is 18.3 Å². The van der Waals surface area contributed by atoms with E-state index in [0.717, 1.165) is 62.4 Å². The second-order valence-corrected chi connectivity index (χ2v) is 11.9. The Balaban J connectivity index is 1.24. The molecule has 0 saturated carbocycles. The van der Waals surface area contributed by atoms with Crippen molar-refractivity contribution in [2.24, 2.45) is 16.8 Å².